The van der Waals surface area contributed by atoms with Crippen molar-refractivity contribution in [3.05, 3.63) is 45.9 Å². The van der Waals surface area contributed by atoms with E-state index in [1.165, 1.54) is 18.5 Å². The van der Waals surface area contributed by atoms with Crippen LogP contribution in [-0.4, -0.2) is 37.6 Å². The van der Waals surface area contributed by atoms with Gasteiger partial charge in [0, 0.05) is 44.2 Å². The van der Waals surface area contributed by atoms with Crippen LogP contribution in [-0.2, 0) is 12.6 Å². The number of halogens is 4. The second-order valence-electron chi connectivity index (χ2n) is 7.03. The maximum absolute atomic E-state index is 12.6. The van der Waals surface area contributed by atoms with Crippen molar-refractivity contribution < 1.29 is 13.2 Å². The van der Waals surface area contributed by atoms with Crippen LogP contribution >= 0.6 is 35.3 Å². The molecular formula is C20H27F3IN5S. The van der Waals surface area contributed by atoms with Gasteiger partial charge in [0.25, 0.3) is 0 Å². The fourth-order valence-corrected chi connectivity index (χ4v) is 4.10. The van der Waals surface area contributed by atoms with Crippen molar-refractivity contribution in [2.75, 3.05) is 31.6 Å². The number of nitrogens with one attached hydrogen (secondary N) is 2. The van der Waals surface area contributed by atoms with Crippen LogP contribution in [0, 0.1) is 0 Å². The molecule has 1 fully saturated rings. The summed E-state index contributed by atoms with van der Waals surface area (Å²) >= 11 is 1.02. The second kappa shape index (κ2) is 11.2. The van der Waals surface area contributed by atoms with Crippen molar-refractivity contribution in [2.24, 2.45) is 4.99 Å². The average Bonchev–Trinajstić information content (AvgIpc) is 3.39. The lowest BCUT2D eigenvalue weighted by Gasteiger charge is -2.22. The predicted octanol–water partition coefficient (Wildman–Crippen LogP) is 4.85. The monoisotopic (exact) mass is 553 g/mol. The van der Waals surface area contributed by atoms with Gasteiger partial charge in [0.05, 0.1) is 11.0 Å². The normalized spacial score (nSPS) is 15.6. The van der Waals surface area contributed by atoms with Crippen molar-refractivity contribution in [1.29, 1.82) is 0 Å². The third kappa shape index (κ3) is 6.73. The first-order chi connectivity index (χ1) is 13.9. The van der Waals surface area contributed by atoms with Gasteiger partial charge < -0.3 is 15.5 Å². The standard InChI is InChI=1S/C20H26F3N5S.HI/c1-14(15-6-5-7-16(12-15)28-10-3-4-11-28)26-19(24-2)25-9-8-18-27-17(13-29-18)20(21,22)23;/h5-7,12-14H,3-4,8-11H2,1-2H3,(H2,24,25,26);1H. The summed E-state index contributed by atoms with van der Waals surface area (Å²) in [5.74, 6) is 0.608. The van der Waals surface area contributed by atoms with Crippen LogP contribution in [0.3, 0.4) is 0 Å². The topological polar surface area (TPSA) is 52.6 Å². The van der Waals surface area contributed by atoms with Gasteiger partial charge >= 0.3 is 6.18 Å². The molecule has 1 aromatic carbocycles. The fraction of sp³-hybridized carbons (Fsp3) is 0.500. The minimum absolute atomic E-state index is 0. The molecule has 1 atom stereocenters. The number of rotatable bonds is 6. The first-order valence-electron chi connectivity index (χ1n) is 9.70. The van der Waals surface area contributed by atoms with E-state index in [2.05, 4.69) is 56.7 Å². The lowest BCUT2D eigenvalue weighted by Crippen LogP contribution is -2.39. The van der Waals surface area contributed by atoms with Gasteiger partial charge in [-0.05, 0) is 37.5 Å². The number of aromatic nitrogens is 1. The van der Waals surface area contributed by atoms with E-state index in [4.69, 9.17) is 0 Å². The highest BCUT2D eigenvalue weighted by molar-refractivity contribution is 14.0. The summed E-state index contributed by atoms with van der Waals surface area (Å²) in [7, 11) is 1.67. The molecule has 0 amide bonds. The first-order valence-corrected chi connectivity index (χ1v) is 10.6. The van der Waals surface area contributed by atoms with E-state index in [0.29, 0.717) is 23.9 Å². The van der Waals surface area contributed by atoms with Crippen LogP contribution in [0.1, 0.15) is 42.1 Å². The smallest absolute Gasteiger partial charge is 0.372 e. The molecule has 3 rings (SSSR count). The number of alkyl halides is 3. The van der Waals surface area contributed by atoms with E-state index in [1.54, 1.807) is 7.05 Å². The van der Waals surface area contributed by atoms with Crippen molar-refractivity contribution in [3.63, 3.8) is 0 Å². The van der Waals surface area contributed by atoms with Gasteiger partial charge in [-0.3, -0.25) is 4.99 Å². The molecule has 30 heavy (non-hydrogen) atoms. The van der Waals surface area contributed by atoms with E-state index in [1.807, 2.05) is 0 Å². The zero-order valence-electron chi connectivity index (χ0n) is 17.0. The Morgan fingerprint density at radius 1 is 1.30 bits per heavy atom. The molecule has 2 N–H and O–H groups in total. The Labute approximate surface area is 196 Å². The summed E-state index contributed by atoms with van der Waals surface area (Å²) < 4.78 is 37.9. The lowest BCUT2D eigenvalue weighted by molar-refractivity contribution is -0.140. The van der Waals surface area contributed by atoms with Gasteiger partial charge in [0.15, 0.2) is 11.7 Å². The Morgan fingerprint density at radius 2 is 2.03 bits per heavy atom. The van der Waals surface area contributed by atoms with Gasteiger partial charge in [-0.15, -0.1) is 35.3 Å². The molecule has 1 saturated heterocycles. The summed E-state index contributed by atoms with van der Waals surface area (Å²) in [6.07, 6.45) is -1.52. The molecule has 0 saturated carbocycles. The maximum atomic E-state index is 12.6. The number of thiazole rings is 1. The minimum atomic E-state index is -4.39. The van der Waals surface area contributed by atoms with Gasteiger partial charge in [0.2, 0.25) is 0 Å². The van der Waals surface area contributed by atoms with E-state index in [0.717, 1.165) is 35.4 Å². The van der Waals surface area contributed by atoms with Crippen LogP contribution in [0.25, 0.3) is 0 Å². The highest BCUT2D eigenvalue weighted by Crippen LogP contribution is 2.30. The SMILES string of the molecule is CN=C(NCCc1nc(C(F)(F)F)cs1)NC(C)c1cccc(N2CCCC2)c1.I. The number of hydrogen-bond donors (Lipinski definition) is 2. The maximum Gasteiger partial charge on any atom is 0.434 e. The Hall–Kier alpha value is -1.56. The van der Waals surface area contributed by atoms with Gasteiger partial charge in [0.1, 0.15) is 0 Å². The van der Waals surface area contributed by atoms with Crippen molar-refractivity contribution >= 4 is 47.0 Å². The number of hydrogen-bond acceptors (Lipinski definition) is 4. The number of nitrogens with zero attached hydrogens (tertiary/aromatic N) is 3. The zero-order chi connectivity index (χ0) is 20.9. The van der Waals surface area contributed by atoms with Crippen molar-refractivity contribution in [1.82, 2.24) is 15.6 Å². The van der Waals surface area contributed by atoms with Crippen LogP contribution in [0.15, 0.2) is 34.6 Å². The van der Waals surface area contributed by atoms with E-state index in [-0.39, 0.29) is 30.0 Å². The van der Waals surface area contributed by atoms with Crippen LogP contribution in [0.5, 0.6) is 0 Å². The molecule has 10 heteroatoms. The third-order valence-corrected chi connectivity index (χ3v) is 5.80. The van der Waals surface area contributed by atoms with E-state index in [9.17, 15) is 13.2 Å². The Morgan fingerprint density at radius 3 is 2.67 bits per heavy atom. The van der Waals surface area contributed by atoms with Crippen molar-refractivity contribution in [2.45, 2.75) is 38.4 Å². The quantitative estimate of drug-likeness (QED) is 0.305. The molecule has 0 spiro atoms. The number of guanidine groups is 1. The van der Waals surface area contributed by atoms with E-state index >= 15 is 0 Å². The van der Waals surface area contributed by atoms with E-state index < -0.39 is 11.9 Å². The number of anilines is 1. The Bertz CT molecular complexity index is 834. The average molecular weight is 553 g/mol. The molecule has 0 radical (unpaired) electrons. The molecule has 166 valence electrons. The molecule has 1 aliphatic heterocycles. The molecule has 5 nitrogen and oxygen atoms in total. The molecule has 0 aliphatic carbocycles. The highest BCUT2D eigenvalue weighted by atomic mass is 127. The second-order valence-corrected chi connectivity index (χ2v) is 7.97. The Kier molecular flexibility index (Phi) is 9.20. The van der Waals surface area contributed by atoms with Crippen LogP contribution in [0.4, 0.5) is 18.9 Å². The molecular weight excluding hydrogens is 526 g/mol. The fourth-order valence-electron chi connectivity index (χ4n) is 3.29. The summed E-state index contributed by atoms with van der Waals surface area (Å²) in [6.45, 7) is 4.71. The summed E-state index contributed by atoms with van der Waals surface area (Å²) in [5, 5.41) is 7.99. The zero-order valence-corrected chi connectivity index (χ0v) is 20.1. The molecule has 0 bridgehead atoms. The van der Waals surface area contributed by atoms with Crippen molar-refractivity contribution in [3.8, 4) is 0 Å². The number of benzene rings is 1. The summed E-state index contributed by atoms with van der Waals surface area (Å²) in [6, 6.07) is 8.53. The molecule has 1 aliphatic rings. The van der Waals surface area contributed by atoms with Crippen LogP contribution in [0.2, 0.25) is 0 Å². The first kappa shape index (κ1) is 24.7. The minimum Gasteiger partial charge on any atom is -0.372 e. The molecule has 1 unspecified atom stereocenters. The molecule has 2 aromatic rings. The van der Waals surface area contributed by atoms with Crippen LogP contribution < -0.4 is 15.5 Å². The number of aliphatic imine (C=N–C) groups is 1. The predicted molar refractivity (Wildman–Crippen MR) is 127 cm³/mol. The Balaban J connectivity index is 0.00000320. The van der Waals surface area contributed by atoms with Gasteiger partial charge in [-0.2, -0.15) is 13.2 Å². The molecule has 2 heterocycles. The van der Waals surface area contributed by atoms with Gasteiger partial charge in [-0.25, -0.2) is 4.98 Å². The highest BCUT2D eigenvalue weighted by Gasteiger charge is 2.33. The summed E-state index contributed by atoms with van der Waals surface area (Å²) in [4.78, 5) is 10.3. The summed E-state index contributed by atoms with van der Waals surface area (Å²) in [5.41, 5.74) is 1.57. The van der Waals surface area contributed by atoms with Gasteiger partial charge in [-0.1, -0.05) is 12.1 Å². The third-order valence-electron chi connectivity index (χ3n) is 4.89. The lowest BCUT2D eigenvalue weighted by atomic mass is 10.1. The molecule has 1 aromatic heterocycles. The largest absolute Gasteiger partial charge is 0.434 e.